The van der Waals surface area contributed by atoms with Crippen molar-refractivity contribution >= 4 is 11.8 Å². The molecule has 0 heterocycles. The average molecular weight is 283 g/mol. The first-order valence-electron chi connectivity index (χ1n) is 6.63. The lowest BCUT2D eigenvalue weighted by molar-refractivity contribution is 0.354. The molecule has 0 amide bonds. The van der Waals surface area contributed by atoms with Gasteiger partial charge in [-0.25, -0.2) is 0 Å². The summed E-state index contributed by atoms with van der Waals surface area (Å²) < 4.78 is 10.5. The van der Waals surface area contributed by atoms with Gasteiger partial charge in [-0.1, -0.05) is 19.9 Å². The van der Waals surface area contributed by atoms with Crippen LogP contribution in [-0.4, -0.2) is 25.7 Å². The van der Waals surface area contributed by atoms with Gasteiger partial charge in [0.1, 0.15) is 0 Å². The van der Waals surface area contributed by atoms with Crippen LogP contribution >= 0.6 is 11.8 Å². The molecule has 0 spiro atoms. The summed E-state index contributed by atoms with van der Waals surface area (Å²) in [5.74, 6) is 4.33. The SMILES string of the molecule is COc1ccc(C(N)CSCCC(C)C)cc1OC. The maximum atomic E-state index is 6.21. The van der Waals surface area contributed by atoms with Crippen molar-refractivity contribution < 1.29 is 9.47 Å². The first-order chi connectivity index (χ1) is 9.08. The number of hydrogen-bond donors (Lipinski definition) is 1. The third-order valence-electron chi connectivity index (χ3n) is 2.97. The van der Waals surface area contributed by atoms with Crippen LogP contribution in [0.3, 0.4) is 0 Å². The lowest BCUT2D eigenvalue weighted by Gasteiger charge is -2.15. The maximum Gasteiger partial charge on any atom is 0.161 e. The third-order valence-corrected chi connectivity index (χ3v) is 4.09. The Morgan fingerprint density at radius 1 is 1.16 bits per heavy atom. The Morgan fingerprint density at radius 3 is 2.42 bits per heavy atom. The number of benzene rings is 1. The van der Waals surface area contributed by atoms with Gasteiger partial charge in [-0.3, -0.25) is 0 Å². The fourth-order valence-electron chi connectivity index (χ4n) is 1.71. The van der Waals surface area contributed by atoms with E-state index in [1.54, 1.807) is 14.2 Å². The van der Waals surface area contributed by atoms with Gasteiger partial charge in [0.05, 0.1) is 14.2 Å². The van der Waals surface area contributed by atoms with Gasteiger partial charge < -0.3 is 15.2 Å². The molecule has 4 heteroatoms. The van der Waals surface area contributed by atoms with E-state index in [-0.39, 0.29) is 6.04 Å². The van der Waals surface area contributed by atoms with E-state index in [1.807, 2.05) is 30.0 Å². The lowest BCUT2D eigenvalue weighted by Crippen LogP contribution is -2.13. The van der Waals surface area contributed by atoms with Crippen molar-refractivity contribution in [3.05, 3.63) is 23.8 Å². The van der Waals surface area contributed by atoms with E-state index < -0.39 is 0 Å². The van der Waals surface area contributed by atoms with Gasteiger partial charge in [-0.2, -0.15) is 11.8 Å². The number of methoxy groups -OCH3 is 2. The van der Waals surface area contributed by atoms with Crippen LogP contribution < -0.4 is 15.2 Å². The smallest absolute Gasteiger partial charge is 0.161 e. The summed E-state index contributed by atoms with van der Waals surface area (Å²) in [7, 11) is 3.28. The van der Waals surface area contributed by atoms with E-state index in [0.717, 1.165) is 28.7 Å². The molecule has 0 aliphatic carbocycles. The predicted molar refractivity (Wildman–Crippen MR) is 83.3 cm³/mol. The van der Waals surface area contributed by atoms with Gasteiger partial charge in [0, 0.05) is 11.8 Å². The molecule has 0 fully saturated rings. The minimum absolute atomic E-state index is 0.0389. The molecule has 1 unspecified atom stereocenters. The molecule has 0 saturated carbocycles. The Bertz CT molecular complexity index is 382. The highest BCUT2D eigenvalue weighted by Gasteiger charge is 2.10. The second-order valence-electron chi connectivity index (χ2n) is 4.98. The zero-order chi connectivity index (χ0) is 14.3. The van der Waals surface area contributed by atoms with Crippen LogP contribution in [0.5, 0.6) is 11.5 Å². The van der Waals surface area contributed by atoms with E-state index in [4.69, 9.17) is 15.2 Å². The van der Waals surface area contributed by atoms with Crippen molar-refractivity contribution in [3.8, 4) is 11.5 Å². The van der Waals surface area contributed by atoms with Gasteiger partial charge >= 0.3 is 0 Å². The van der Waals surface area contributed by atoms with Gasteiger partial charge in [-0.15, -0.1) is 0 Å². The number of ether oxygens (including phenoxy) is 2. The van der Waals surface area contributed by atoms with Crippen LogP contribution in [0.15, 0.2) is 18.2 Å². The molecule has 0 saturated heterocycles. The molecule has 0 aromatic heterocycles. The van der Waals surface area contributed by atoms with Gasteiger partial charge in [-0.05, 0) is 35.8 Å². The number of rotatable bonds is 8. The fourth-order valence-corrected chi connectivity index (χ4v) is 2.96. The largest absolute Gasteiger partial charge is 0.493 e. The Morgan fingerprint density at radius 2 is 1.84 bits per heavy atom. The van der Waals surface area contributed by atoms with Crippen LogP contribution in [0, 0.1) is 5.92 Å². The molecule has 19 heavy (non-hydrogen) atoms. The summed E-state index contributed by atoms with van der Waals surface area (Å²) in [4.78, 5) is 0. The Balaban J connectivity index is 2.54. The van der Waals surface area contributed by atoms with E-state index in [1.165, 1.54) is 12.2 Å². The molecule has 0 aliphatic rings. The molecule has 1 aromatic carbocycles. The fraction of sp³-hybridized carbons (Fsp3) is 0.600. The zero-order valence-corrected chi connectivity index (χ0v) is 13.1. The van der Waals surface area contributed by atoms with Gasteiger partial charge in [0.2, 0.25) is 0 Å². The minimum atomic E-state index is 0.0389. The molecule has 3 nitrogen and oxygen atoms in total. The lowest BCUT2D eigenvalue weighted by atomic mass is 10.1. The van der Waals surface area contributed by atoms with Crippen molar-refractivity contribution in [2.75, 3.05) is 25.7 Å². The Hall–Kier alpha value is -0.870. The molecule has 108 valence electrons. The summed E-state index contributed by atoms with van der Waals surface area (Å²) >= 11 is 1.91. The predicted octanol–water partition coefficient (Wildman–Crippen LogP) is 3.48. The van der Waals surface area contributed by atoms with Crippen LogP contribution in [0.1, 0.15) is 31.9 Å². The monoisotopic (exact) mass is 283 g/mol. The third kappa shape index (κ3) is 5.33. The van der Waals surface area contributed by atoms with Crippen molar-refractivity contribution in [2.45, 2.75) is 26.3 Å². The Labute approximate surface area is 120 Å². The highest BCUT2D eigenvalue weighted by atomic mass is 32.2. The highest BCUT2D eigenvalue weighted by molar-refractivity contribution is 7.99. The van der Waals surface area contributed by atoms with Crippen molar-refractivity contribution in [1.29, 1.82) is 0 Å². The molecular formula is C15H25NO2S. The summed E-state index contributed by atoms with van der Waals surface area (Å²) in [6.07, 6.45) is 1.24. The minimum Gasteiger partial charge on any atom is -0.493 e. The van der Waals surface area contributed by atoms with Crippen molar-refractivity contribution in [2.24, 2.45) is 11.7 Å². The summed E-state index contributed by atoms with van der Waals surface area (Å²) in [5, 5.41) is 0. The zero-order valence-electron chi connectivity index (χ0n) is 12.3. The molecule has 0 aliphatic heterocycles. The first kappa shape index (κ1) is 16.2. The number of thioether (sulfide) groups is 1. The van der Waals surface area contributed by atoms with E-state index in [9.17, 15) is 0 Å². The van der Waals surface area contributed by atoms with Gasteiger partial charge in [0.15, 0.2) is 11.5 Å². The normalized spacial score (nSPS) is 12.5. The topological polar surface area (TPSA) is 44.5 Å². The van der Waals surface area contributed by atoms with Crippen molar-refractivity contribution in [1.82, 2.24) is 0 Å². The van der Waals surface area contributed by atoms with E-state index in [2.05, 4.69) is 13.8 Å². The average Bonchev–Trinajstić information content (AvgIpc) is 2.42. The molecule has 1 rings (SSSR count). The van der Waals surface area contributed by atoms with Crippen molar-refractivity contribution in [3.63, 3.8) is 0 Å². The Kier molecular flexibility index (Phi) is 7.10. The molecule has 2 N–H and O–H groups in total. The van der Waals surface area contributed by atoms with Crippen LogP contribution in [0.4, 0.5) is 0 Å². The maximum absolute atomic E-state index is 6.21. The summed E-state index contributed by atoms with van der Waals surface area (Å²) in [6.45, 7) is 4.49. The quantitative estimate of drug-likeness (QED) is 0.742. The molecular weight excluding hydrogens is 258 g/mol. The van der Waals surface area contributed by atoms with Gasteiger partial charge in [0.25, 0.3) is 0 Å². The number of hydrogen-bond acceptors (Lipinski definition) is 4. The second kappa shape index (κ2) is 8.33. The molecule has 0 radical (unpaired) electrons. The molecule has 1 aromatic rings. The van der Waals surface area contributed by atoms with Crippen LogP contribution in [0.2, 0.25) is 0 Å². The second-order valence-corrected chi connectivity index (χ2v) is 6.13. The molecule has 1 atom stereocenters. The highest BCUT2D eigenvalue weighted by Crippen LogP contribution is 2.30. The summed E-state index contributed by atoms with van der Waals surface area (Å²) in [5.41, 5.74) is 7.30. The number of nitrogens with two attached hydrogens (primary N) is 1. The first-order valence-corrected chi connectivity index (χ1v) is 7.79. The van der Waals surface area contributed by atoms with E-state index >= 15 is 0 Å². The molecule has 0 bridgehead atoms. The van der Waals surface area contributed by atoms with Crippen LogP contribution in [-0.2, 0) is 0 Å². The van der Waals surface area contributed by atoms with Crippen LogP contribution in [0.25, 0.3) is 0 Å². The van der Waals surface area contributed by atoms with E-state index in [0.29, 0.717) is 0 Å². The summed E-state index contributed by atoms with van der Waals surface area (Å²) in [6, 6.07) is 5.92. The standard InChI is InChI=1S/C15H25NO2S/c1-11(2)7-8-19-10-13(16)12-5-6-14(17-3)15(9-12)18-4/h5-6,9,11,13H,7-8,10,16H2,1-4H3.